The molecule has 1 aromatic carbocycles. The second-order valence-corrected chi connectivity index (χ2v) is 4.39. The van der Waals surface area contributed by atoms with Gasteiger partial charge in [-0.2, -0.15) is 0 Å². The number of halogens is 1. The Morgan fingerprint density at radius 2 is 1.94 bits per heavy atom. The van der Waals surface area contributed by atoms with E-state index in [0.29, 0.717) is 0 Å². The molecule has 0 aliphatic rings. The first-order valence-corrected chi connectivity index (χ1v) is 6.27. The number of hydrogen-bond acceptors (Lipinski definition) is 1. The van der Waals surface area contributed by atoms with E-state index < -0.39 is 0 Å². The normalized spacial score (nSPS) is 10.7. The number of benzene rings is 1. The monoisotopic (exact) mass is 248 g/mol. The average molecular weight is 249 g/mol. The summed E-state index contributed by atoms with van der Waals surface area (Å²) in [6, 6.07) is 12.2. The smallest absolute Gasteiger partial charge is 0.0450 e. The molecule has 2 nitrogen and oxygen atoms in total. The lowest BCUT2D eigenvalue weighted by molar-refractivity contribution is 0.629. The summed E-state index contributed by atoms with van der Waals surface area (Å²) in [5.41, 5.74) is 2.45. The summed E-state index contributed by atoms with van der Waals surface area (Å²) in [6.45, 7) is 4.83. The summed E-state index contributed by atoms with van der Waals surface area (Å²) in [6.07, 6.45) is 2.10. The molecule has 0 unspecified atom stereocenters. The van der Waals surface area contributed by atoms with Crippen molar-refractivity contribution in [2.75, 3.05) is 0 Å². The quantitative estimate of drug-likeness (QED) is 0.858. The van der Waals surface area contributed by atoms with Gasteiger partial charge in [0.2, 0.25) is 0 Å². The molecule has 3 heteroatoms. The fraction of sp³-hybridized carbons (Fsp3) is 0.286. The molecule has 0 atom stereocenters. The second-order valence-electron chi connectivity index (χ2n) is 3.98. The first-order valence-electron chi connectivity index (χ1n) is 5.89. The first kappa shape index (κ1) is 12.2. The van der Waals surface area contributed by atoms with Gasteiger partial charge in [-0.25, -0.2) is 0 Å². The lowest BCUT2D eigenvalue weighted by Crippen LogP contribution is -2.15. The molecule has 0 saturated heterocycles. The summed E-state index contributed by atoms with van der Waals surface area (Å²) < 4.78 is 2.24. The van der Waals surface area contributed by atoms with Crippen molar-refractivity contribution in [3.8, 4) is 0 Å². The minimum absolute atomic E-state index is 0.800. The molecule has 0 fully saturated rings. The zero-order valence-corrected chi connectivity index (χ0v) is 10.7. The lowest BCUT2D eigenvalue weighted by Gasteiger charge is -2.09. The minimum Gasteiger partial charge on any atom is -0.351 e. The highest BCUT2D eigenvalue weighted by Crippen LogP contribution is 2.14. The van der Waals surface area contributed by atoms with Crippen LogP contribution in [0.1, 0.15) is 18.2 Å². The van der Waals surface area contributed by atoms with Crippen molar-refractivity contribution >= 4 is 11.6 Å². The molecule has 1 N–H and O–H groups in total. The van der Waals surface area contributed by atoms with Crippen LogP contribution in [0.4, 0.5) is 0 Å². The largest absolute Gasteiger partial charge is 0.351 e. The Balaban J connectivity index is 1.90. The topological polar surface area (TPSA) is 17.0 Å². The fourth-order valence-corrected chi connectivity index (χ4v) is 2.09. The lowest BCUT2D eigenvalue weighted by atomic mass is 10.2. The molecule has 0 amide bonds. The van der Waals surface area contributed by atoms with Gasteiger partial charge in [-0.15, -0.1) is 0 Å². The summed E-state index contributed by atoms with van der Waals surface area (Å²) >= 11 is 6.10. The third-order valence-electron chi connectivity index (χ3n) is 2.84. The molecule has 0 spiro atoms. The fourth-order valence-electron chi connectivity index (χ4n) is 1.89. The summed E-state index contributed by atoms with van der Waals surface area (Å²) in [4.78, 5) is 0. The van der Waals surface area contributed by atoms with Crippen molar-refractivity contribution in [2.24, 2.45) is 0 Å². The molecule has 0 saturated carbocycles. The Morgan fingerprint density at radius 1 is 1.12 bits per heavy atom. The van der Waals surface area contributed by atoms with Gasteiger partial charge in [0, 0.05) is 36.5 Å². The molecule has 0 aliphatic carbocycles. The van der Waals surface area contributed by atoms with E-state index in [1.807, 2.05) is 24.3 Å². The Hall–Kier alpha value is -1.25. The van der Waals surface area contributed by atoms with Gasteiger partial charge in [0.05, 0.1) is 0 Å². The van der Waals surface area contributed by atoms with Crippen LogP contribution in [-0.2, 0) is 19.6 Å². The number of nitrogens with one attached hydrogen (secondary N) is 1. The Morgan fingerprint density at radius 3 is 2.71 bits per heavy atom. The van der Waals surface area contributed by atoms with E-state index >= 15 is 0 Å². The van der Waals surface area contributed by atoms with Crippen molar-refractivity contribution in [3.63, 3.8) is 0 Å². The minimum atomic E-state index is 0.800. The number of aryl methyl sites for hydroxylation is 1. The van der Waals surface area contributed by atoms with Gasteiger partial charge in [-0.3, -0.25) is 0 Å². The third-order valence-corrected chi connectivity index (χ3v) is 3.21. The van der Waals surface area contributed by atoms with Gasteiger partial charge in [0.1, 0.15) is 0 Å². The standard InChI is InChI=1S/C14H17ClN2/c1-2-17-9-5-7-13(17)11-16-10-12-6-3-4-8-14(12)15/h3-9,16H,2,10-11H2,1H3. The van der Waals surface area contributed by atoms with Crippen LogP contribution in [-0.4, -0.2) is 4.57 Å². The van der Waals surface area contributed by atoms with Crippen LogP contribution in [0, 0.1) is 0 Å². The molecule has 0 bridgehead atoms. The summed E-state index contributed by atoms with van der Waals surface area (Å²) in [5.74, 6) is 0. The van der Waals surface area contributed by atoms with Crippen LogP contribution < -0.4 is 5.32 Å². The molecule has 1 aromatic heterocycles. The molecule has 2 aromatic rings. The van der Waals surface area contributed by atoms with Crippen LogP contribution in [0.2, 0.25) is 5.02 Å². The van der Waals surface area contributed by atoms with E-state index in [9.17, 15) is 0 Å². The highest BCUT2D eigenvalue weighted by molar-refractivity contribution is 6.31. The number of rotatable bonds is 5. The van der Waals surface area contributed by atoms with Gasteiger partial charge in [0.25, 0.3) is 0 Å². The van der Waals surface area contributed by atoms with Gasteiger partial charge in [-0.1, -0.05) is 29.8 Å². The van der Waals surface area contributed by atoms with Crippen molar-refractivity contribution < 1.29 is 0 Å². The van der Waals surface area contributed by atoms with Crippen molar-refractivity contribution in [1.82, 2.24) is 9.88 Å². The zero-order chi connectivity index (χ0) is 12.1. The van der Waals surface area contributed by atoms with E-state index in [-0.39, 0.29) is 0 Å². The SMILES string of the molecule is CCn1cccc1CNCc1ccccc1Cl. The van der Waals surface area contributed by atoms with Crippen LogP contribution in [0.25, 0.3) is 0 Å². The molecule has 0 radical (unpaired) electrons. The highest BCUT2D eigenvalue weighted by Gasteiger charge is 2.00. The van der Waals surface area contributed by atoms with Crippen molar-refractivity contribution in [1.29, 1.82) is 0 Å². The number of nitrogens with zero attached hydrogens (tertiary/aromatic N) is 1. The summed E-state index contributed by atoms with van der Waals surface area (Å²) in [7, 11) is 0. The Kier molecular flexibility index (Phi) is 4.24. The van der Waals surface area contributed by atoms with Crippen molar-refractivity contribution in [2.45, 2.75) is 26.6 Å². The predicted molar refractivity (Wildman–Crippen MR) is 72.1 cm³/mol. The van der Waals surface area contributed by atoms with Gasteiger partial charge in [-0.05, 0) is 30.7 Å². The third kappa shape index (κ3) is 3.11. The molecule has 1 heterocycles. The van der Waals surface area contributed by atoms with Gasteiger partial charge in [0.15, 0.2) is 0 Å². The molecule has 0 aliphatic heterocycles. The molecule has 17 heavy (non-hydrogen) atoms. The van der Waals surface area contributed by atoms with Crippen LogP contribution in [0.3, 0.4) is 0 Å². The first-order chi connectivity index (χ1) is 8.31. The number of hydrogen-bond donors (Lipinski definition) is 1. The van der Waals surface area contributed by atoms with E-state index in [1.165, 1.54) is 5.69 Å². The van der Waals surface area contributed by atoms with Crippen LogP contribution in [0.15, 0.2) is 42.6 Å². The zero-order valence-electron chi connectivity index (χ0n) is 9.99. The van der Waals surface area contributed by atoms with E-state index in [0.717, 1.165) is 30.2 Å². The van der Waals surface area contributed by atoms with Gasteiger partial charge >= 0.3 is 0 Å². The molecular formula is C14H17ClN2. The maximum Gasteiger partial charge on any atom is 0.0450 e. The number of aromatic nitrogens is 1. The maximum atomic E-state index is 6.10. The maximum absolute atomic E-state index is 6.10. The van der Waals surface area contributed by atoms with E-state index in [2.05, 4.69) is 35.1 Å². The second kappa shape index (κ2) is 5.89. The molecule has 90 valence electrons. The molecular weight excluding hydrogens is 232 g/mol. The van der Waals surface area contributed by atoms with E-state index in [1.54, 1.807) is 0 Å². The van der Waals surface area contributed by atoms with Gasteiger partial charge < -0.3 is 9.88 Å². The van der Waals surface area contributed by atoms with E-state index in [4.69, 9.17) is 11.6 Å². The summed E-state index contributed by atoms with van der Waals surface area (Å²) in [5, 5.41) is 4.24. The molecule has 2 rings (SSSR count). The average Bonchev–Trinajstić information content (AvgIpc) is 2.79. The Bertz CT molecular complexity index is 477. The predicted octanol–water partition coefficient (Wildman–Crippen LogP) is 3.45. The van der Waals surface area contributed by atoms with Crippen LogP contribution >= 0.6 is 11.6 Å². The van der Waals surface area contributed by atoms with Crippen molar-refractivity contribution in [3.05, 3.63) is 58.9 Å². The van der Waals surface area contributed by atoms with Crippen LogP contribution in [0.5, 0.6) is 0 Å². The Labute approximate surface area is 107 Å². The highest BCUT2D eigenvalue weighted by atomic mass is 35.5.